The first kappa shape index (κ1) is 11.4. The predicted molar refractivity (Wildman–Crippen MR) is 41.3 cm³/mol. The first-order chi connectivity index (χ1) is 4.72. The van der Waals surface area contributed by atoms with Crippen molar-refractivity contribution >= 4 is 28.6 Å². The third-order valence-corrected chi connectivity index (χ3v) is 1.93. The molecule has 0 aliphatic rings. The van der Waals surface area contributed by atoms with Crippen LogP contribution in [-0.2, 0) is 0 Å². The first-order valence-corrected chi connectivity index (χ1v) is 3.60. The minimum Gasteiger partial charge on any atom is -0.545 e. The fraction of sp³-hybridized carbons (Fsp3) is 0. The van der Waals surface area contributed by atoms with Gasteiger partial charge in [-0.15, -0.1) is 0 Å². The number of carboxylic acid groups (broad SMARTS) is 1. The fourth-order valence-corrected chi connectivity index (χ4v) is 1.05. The van der Waals surface area contributed by atoms with E-state index in [4.69, 9.17) is 0 Å². The van der Waals surface area contributed by atoms with Gasteiger partial charge in [-0.2, -0.15) is 0 Å². The quantitative estimate of drug-likeness (QED) is 0.405. The predicted octanol–water partition coefficient (Wildman–Crippen LogP) is -2.95. The number of aromatic nitrogens is 1. The van der Waals surface area contributed by atoms with Gasteiger partial charge < -0.3 is 9.90 Å². The van der Waals surface area contributed by atoms with Crippen LogP contribution in [0.5, 0.6) is 0 Å². The number of carboxylic acids is 1. The maximum absolute atomic E-state index is 10.3. The molecule has 0 spiro atoms. The molecule has 0 bridgehead atoms. The number of pyridine rings is 1. The Kier molecular flexibility index (Phi) is 5.24. The van der Waals surface area contributed by atoms with Gasteiger partial charge in [0.1, 0.15) is 0 Å². The standard InChI is InChI=1S/C6H4INO2.Na/c7-5-1-2-8-3-4(5)6(9)10;/h1-3H,(H,9,10);/q;+1/p-1. The summed E-state index contributed by atoms with van der Waals surface area (Å²) in [5.41, 5.74) is 0.142. The average molecular weight is 271 g/mol. The van der Waals surface area contributed by atoms with Crippen LogP contribution in [0.25, 0.3) is 0 Å². The number of hydrogen-bond donors (Lipinski definition) is 0. The molecule has 0 radical (unpaired) electrons. The zero-order valence-corrected chi connectivity index (χ0v) is 10.0. The third-order valence-electron chi connectivity index (χ3n) is 0.988. The van der Waals surface area contributed by atoms with Crippen molar-refractivity contribution in [3.63, 3.8) is 0 Å². The van der Waals surface area contributed by atoms with Gasteiger partial charge in [-0.1, -0.05) is 0 Å². The molecule has 1 aromatic rings. The Hall–Kier alpha value is 0.350. The molecule has 1 rings (SSSR count). The van der Waals surface area contributed by atoms with E-state index in [1.54, 1.807) is 6.07 Å². The zero-order chi connectivity index (χ0) is 7.56. The van der Waals surface area contributed by atoms with Crippen LogP contribution in [0.1, 0.15) is 10.4 Å². The van der Waals surface area contributed by atoms with Crippen LogP contribution >= 0.6 is 22.6 Å². The Morgan fingerprint density at radius 1 is 1.64 bits per heavy atom. The van der Waals surface area contributed by atoms with Gasteiger partial charge in [0.15, 0.2) is 0 Å². The normalized spacial score (nSPS) is 8.45. The second kappa shape index (κ2) is 5.08. The van der Waals surface area contributed by atoms with Crippen LogP contribution in [0.4, 0.5) is 0 Å². The molecule has 1 heterocycles. The molecule has 0 aromatic carbocycles. The Balaban J connectivity index is 0.000001000. The summed E-state index contributed by atoms with van der Waals surface area (Å²) in [6.45, 7) is 0. The van der Waals surface area contributed by atoms with Gasteiger partial charge in [-0.25, -0.2) is 0 Å². The molecule has 0 amide bonds. The van der Waals surface area contributed by atoms with Crippen LogP contribution in [0, 0.1) is 3.57 Å². The van der Waals surface area contributed by atoms with Crippen molar-refractivity contribution in [3.8, 4) is 0 Å². The average Bonchev–Trinajstić information content (AvgIpc) is 1.88. The number of nitrogens with zero attached hydrogens (tertiary/aromatic N) is 1. The second-order valence-electron chi connectivity index (χ2n) is 1.64. The Labute approximate surface area is 99.6 Å². The molecule has 0 aliphatic carbocycles. The van der Waals surface area contributed by atoms with Crippen molar-refractivity contribution in [2.24, 2.45) is 0 Å². The van der Waals surface area contributed by atoms with Gasteiger partial charge >= 0.3 is 29.6 Å². The summed E-state index contributed by atoms with van der Waals surface area (Å²) in [5, 5.41) is 10.3. The van der Waals surface area contributed by atoms with Gasteiger partial charge in [-0.05, 0) is 28.7 Å². The van der Waals surface area contributed by atoms with E-state index in [2.05, 4.69) is 4.98 Å². The fourth-order valence-electron chi connectivity index (χ4n) is 0.528. The maximum Gasteiger partial charge on any atom is 1.00 e. The van der Waals surface area contributed by atoms with Gasteiger partial charge in [0.25, 0.3) is 0 Å². The SMILES string of the molecule is O=C([O-])c1cnccc1I.[Na+]. The molecule has 0 aliphatic heterocycles. The number of aromatic carboxylic acids is 1. The van der Waals surface area contributed by atoms with Crippen molar-refractivity contribution in [3.05, 3.63) is 27.6 Å². The zero-order valence-electron chi connectivity index (χ0n) is 5.87. The molecule has 0 atom stereocenters. The van der Waals surface area contributed by atoms with Gasteiger partial charge in [0.2, 0.25) is 0 Å². The topological polar surface area (TPSA) is 53.0 Å². The van der Waals surface area contributed by atoms with Crippen LogP contribution in [-0.4, -0.2) is 11.0 Å². The van der Waals surface area contributed by atoms with Crippen LogP contribution in [0.15, 0.2) is 18.5 Å². The molecule has 3 nitrogen and oxygen atoms in total. The monoisotopic (exact) mass is 271 g/mol. The van der Waals surface area contributed by atoms with Crippen molar-refractivity contribution in [2.45, 2.75) is 0 Å². The van der Waals surface area contributed by atoms with E-state index in [0.29, 0.717) is 3.57 Å². The minimum atomic E-state index is -1.18. The van der Waals surface area contributed by atoms with E-state index in [1.165, 1.54) is 12.4 Å². The van der Waals surface area contributed by atoms with Crippen molar-refractivity contribution in [1.29, 1.82) is 0 Å². The van der Waals surface area contributed by atoms with Crippen molar-refractivity contribution in [1.82, 2.24) is 4.98 Å². The summed E-state index contributed by atoms with van der Waals surface area (Å²) in [4.78, 5) is 13.9. The number of hydrogen-bond acceptors (Lipinski definition) is 3. The van der Waals surface area contributed by atoms with E-state index in [-0.39, 0.29) is 35.1 Å². The van der Waals surface area contributed by atoms with Gasteiger partial charge in [-0.3, -0.25) is 4.98 Å². The minimum absolute atomic E-state index is 0. The largest absolute Gasteiger partial charge is 1.00 e. The number of rotatable bonds is 1. The van der Waals surface area contributed by atoms with Crippen molar-refractivity contribution in [2.75, 3.05) is 0 Å². The van der Waals surface area contributed by atoms with Crippen LogP contribution in [0.2, 0.25) is 0 Å². The molecule has 0 N–H and O–H groups in total. The summed E-state index contributed by atoms with van der Waals surface area (Å²) in [6.07, 6.45) is 2.81. The number of halogens is 1. The Bertz CT molecular complexity index is 267. The summed E-state index contributed by atoms with van der Waals surface area (Å²) in [5.74, 6) is -1.18. The van der Waals surface area contributed by atoms with E-state index in [9.17, 15) is 9.90 Å². The molecule has 5 heteroatoms. The first-order valence-electron chi connectivity index (χ1n) is 2.52. The van der Waals surface area contributed by atoms with E-state index in [1.807, 2.05) is 22.6 Å². The summed E-state index contributed by atoms with van der Waals surface area (Å²) < 4.78 is 0.646. The van der Waals surface area contributed by atoms with Gasteiger partial charge in [0.05, 0.1) is 5.97 Å². The Morgan fingerprint density at radius 3 is 2.64 bits per heavy atom. The molecule has 11 heavy (non-hydrogen) atoms. The van der Waals surface area contributed by atoms with Crippen LogP contribution < -0.4 is 34.7 Å². The molecule has 0 saturated carbocycles. The number of carbonyl (C=O) groups is 1. The molecular formula is C6H3INNaO2. The molecule has 0 fully saturated rings. The van der Waals surface area contributed by atoms with E-state index < -0.39 is 5.97 Å². The maximum atomic E-state index is 10.3. The van der Waals surface area contributed by atoms with Crippen molar-refractivity contribution < 1.29 is 39.5 Å². The van der Waals surface area contributed by atoms with Gasteiger partial charge in [0, 0.05) is 21.5 Å². The van der Waals surface area contributed by atoms with Crippen LogP contribution in [0.3, 0.4) is 0 Å². The molecule has 0 unspecified atom stereocenters. The molecule has 52 valence electrons. The Morgan fingerprint density at radius 2 is 2.27 bits per heavy atom. The summed E-state index contributed by atoms with van der Waals surface area (Å²) in [7, 11) is 0. The summed E-state index contributed by atoms with van der Waals surface area (Å²) in [6, 6.07) is 1.62. The smallest absolute Gasteiger partial charge is 0.545 e. The number of carbonyl (C=O) groups excluding carboxylic acids is 1. The molecular weight excluding hydrogens is 268 g/mol. The van der Waals surface area contributed by atoms with E-state index >= 15 is 0 Å². The van der Waals surface area contributed by atoms with E-state index in [0.717, 1.165) is 0 Å². The molecule has 1 aromatic heterocycles. The second-order valence-corrected chi connectivity index (χ2v) is 2.81. The molecule has 0 saturated heterocycles. The third kappa shape index (κ3) is 3.06. The summed E-state index contributed by atoms with van der Waals surface area (Å²) >= 11 is 1.91.